The van der Waals surface area contributed by atoms with Crippen LogP contribution in [0.5, 0.6) is 0 Å². The molecule has 0 radical (unpaired) electrons. The van der Waals surface area contributed by atoms with Crippen molar-refractivity contribution in [2.45, 2.75) is 12.1 Å². The first-order chi connectivity index (χ1) is 8.55. The Balaban J connectivity index is 2.27. The molecule has 6 nitrogen and oxygen atoms in total. The van der Waals surface area contributed by atoms with Crippen LogP contribution in [0.3, 0.4) is 0 Å². The summed E-state index contributed by atoms with van der Waals surface area (Å²) in [4.78, 5) is 14.4. The minimum Gasteiger partial charge on any atom is -0.396 e. The molecule has 1 aromatic carbocycles. The van der Waals surface area contributed by atoms with Crippen molar-refractivity contribution in [3.05, 3.63) is 52.1 Å². The molecule has 0 aromatic heterocycles. The van der Waals surface area contributed by atoms with E-state index in [1.165, 1.54) is 12.1 Å². The lowest BCUT2D eigenvalue weighted by molar-refractivity contribution is -0.384. The predicted octanol–water partition coefficient (Wildman–Crippen LogP) is 1.10. The average molecular weight is 247 g/mol. The van der Waals surface area contributed by atoms with Crippen LogP contribution in [0.4, 0.5) is 5.69 Å². The molecular formula is C12H13N3O3. The quantitative estimate of drug-likeness (QED) is 0.614. The highest BCUT2D eigenvalue weighted by atomic mass is 16.6. The van der Waals surface area contributed by atoms with E-state index in [1.54, 1.807) is 24.3 Å². The van der Waals surface area contributed by atoms with Gasteiger partial charge in [0.05, 0.1) is 4.92 Å². The zero-order valence-electron chi connectivity index (χ0n) is 9.61. The van der Waals surface area contributed by atoms with Crippen molar-refractivity contribution in [2.24, 2.45) is 10.7 Å². The van der Waals surface area contributed by atoms with Crippen LogP contribution in [-0.2, 0) is 5.66 Å². The van der Waals surface area contributed by atoms with Crippen LogP contribution in [0.25, 0.3) is 0 Å². The standard InChI is InChI=1S/C12H13N3O3/c13-12(7-5-10(14-12)6-8-16)9-1-3-11(4-2-9)15(17)18/h1-5,7,16H,6,8,13H2. The van der Waals surface area contributed by atoms with E-state index in [1.807, 2.05) is 0 Å². The number of hydrogen-bond acceptors (Lipinski definition) is 5. The summed E-state index contributed by atoms with van der Waals surface area (Å²) in [5.41, 5.74) is 6.53. The molecule has 0 bridgehead atoms. The van der Waals surface area contributed by atoms with E-state index in [2.05, 4.69) is 4.99 Å². The Morgan fingerprint density at radius 2 is 2.06 bits per heavy atom. The minimum atomic E-state index is -0.986. The van der Waals surface area contributed by atoms with Gasteiger partial charge < -0.3 is 10.8 Å². The molecule has 1 heterocycles. The van der Waals surface area contributed by atoms with E-state index in [0.29, 0.717) is 12.0 Å². The molecule has 0 aliphatic carbocycles. The number of allylic oxidation sites excluding steroid dienone is 1. The molecule has 2 rings (SSSR count). The van der Waals surface area contributed by atoms with Gasteiger partial charge in [0, 0.05) is 30.9 Å². The summed E-state index contributed by atoms with van der Waals surface area (Å²) in [6.45, 7) is 0.0134. The van der Waals surface area contributed by atoms with Gasteiger partial charge in [0.25, 0.3) is 5.69 Å². The Hall–Kier alpha value is -2.05. The third-order valence-electron chi connectivity index (χ3n) is 2.77. The van der Waals surface area contributed by atoms with E-state index >= 15 is 0 Å². The van der Waals surface area contributed by atoms with Crippen LogP contribution in [0.1, 0.15) is 12.0 Å². The van der Waals surface area contributed by atoms with E-state index in [4.69, 9.17) is 10.8 Å². The number of hydrogen-bond donors (Lipinski definition) is 2. The van der Waals surface area contributed by atoms with E-state index in [0.717, 1.165) is 5.71 Å². The molecule has 1 aliphatic heterocycles. The molecule has 3 N–H and O–H groups in total. The normalized spacial score (nSPS) is 22.0. The second-order valence-corrected chi connectivity index (χ2v) is 4.04. The molecule has 0 spiro atoms. The van der Waals surface area contributed by atoms with Gasteiger partial charge in [-0.05, 0) is 29.8 Å². The van der Waals surface area contributed by atoms with Crippen LogP contribution in [0.15, 0.2) is 41.4 Å². The van der Waals surface area contributed by atoms with Gasteiger partial charge >= 0.3 is 0 Å². The van der Waals surface area contributed by atoms with Gasteiger partial charge in [-0.3, -0.25) is 15.1 Å². The summed E-state index contributed by atoms with van der Waals surface area (Å²) in [6, 6.07) is 5.98. The van der Waals surface area contributed by atoms with Crippen molar-refractivity contribution in [3.63, 3.8) is 0 Å². The van der Waals surface area contributed by atoms with Gasteiger partial charge in [0.15, 0.2) is 5.66 Å². The fourth-order valence-electron chi connectivity index (χ4n) is 1.80. The average Bonchev–Trinajstić information content (AvgIpc) is 2.73. The number of benzene rings is 1. The zero-order valence-corrected chi connectivity index (χ0v) is 9.61. The van der Waals surface area contributed by atoms with Crippen molar-refractivity contribution in [2.75, 3.05) is 6.61 Å². The molecule has 6 heteroatoms. The first kappa shape index (κ1) is 12.4. The molecule has 94 valence electrons. The third-order valence-corrected chi connectivity index (χ3v) is 2.77. The van der Waals surface area contributed by atoms with E-state index in [-0.39, 0.29) is 12.3 Å². The second-order valence-electron chi connectivity index (χ2n) is 4.04. The summed E-state index contributed by atoms with van der Waals surface area (Å²) < 4.78 is 0. The second kappa shape index (κ2) is 4.67. The Kier molecular flexibility index (Phi) is 3.22. The van der Waals surface area contributed by atoms with Gasteiger partial charge in [0.2, 0.25) is 0 Å². The first-order valence-corrected chi connectivity index (χ1v) is 5.48. The monoisotopic (exact) mass is 247 g/mol. The smallest absolute Gasteiger partial charge is 0.269 e. The number of aliphatic hydroxyl groups is 1. The molecule has 1 aromatic rings. The summed E-state index contributed by atoms with van der Waals surface area (Å²) in [6.07, 6.45) is 3.93. The lowest BCUT2D eigenvalue weighted by Crippen LogP contribution is -2.30. The van der Waals surface area contributed by atoms with Crippen LogP contribution in [-0.4, -0.2) is 22.3 Å². The Morgan fingerprint density at radius 3 is 2.61 bits per heavy atom. The minimum absolute atomic E-state index is 0.0134. The van der Waals surface area contributed by atoms with Crippen LogP contribution in [0.2, 0.25) is 0 Å². The van der Waals surface area contributed by atoms with Gasteiger partial charge in [-0.25, -0.2) is 0 Å². The molecular weight excluding hydrogens is 234 g/mol. The number of non-ortho nitro benzene ring substituents is 1. The SMILES string of the molecule is NC1(c2ccc([N+](=O)[O-])cc2)C=CC(CCO)=N1. The summed E-state index contributed by atoms with van der Waals surface area (Å²) in [5, 5.41) is 19.4. The van der Waals surface area contributed by atoms with Crippen LogP contribution in [0, 0.1) is 10.1 Å². The number of nitro groups is 1. The van der Waals surface area contributed by atoms with Crippen molar-refractivity contribution < 1.29 is 10.0 Å². The zero-order chi connectivity index (χ0) is 13.2. The predicted molar refractivity (Wildman–Crippen MR) is 67.2 cm³/mol. The highest BCUT2D eigenvalue weighted by molar-refractivity contribution is 5.97. The van der Waals surface area contributed by atoms with E-state index in [9.17, 15) is 10.1 Å². The van der Waals surface area contributed by atoms with Crippen molar-refractivity contribution in [3.8, 4) is 0 Å². The van der Waals surface area contributed by atoms with Crippen LogP contribution >= 0.6 is 0 Å². The Bertz CT molecular complexity index is 522. The Labute approximate surface area is 104 Å². The topological polar surface area (TPSA) is 102 Å². The van der Waals surface area contributed by atoms with Gasteiger partial charge in [-0.2, -0.15) is 0 Å². The van der Waals surface area contributed by atoms with Crippen molar-refractivity contribution in [1.82, 2.24) is 0 Å². The van der Waals surface area contributed by atoms with Crippen molar-refractivity contribution in [1.29, 1.82) is 0 Å². The molecule has 0 saturated carbocycles. The maximum absolute atomic E-state index is 10.6. The third kappa shape index (κ3) is 2.29. The molecule has 0 amide bonds. The lowest BCUT2D eigenvalue weighted by Gasteiger charge is -2.18. The fourth-order valence-corrected chi connectivity index (χ4v) is 1.80. The number of nitrogens with two attached hydrogens (primary N) is 1. The molecule has 1 aliphatic rings. The number of aliphatic imine (C=N–C) groups is 1. The summed E-state index contributed by atoms with van der Waals surface area (Å²) >= 11 is 0. The lowest BCUT2D eigenvalue weighted by atomic mass is 10.0. The Morgan fingerprint density at radius 1 is 1.39 bits per heavy atom. The number of aliphatic hydroxyl groups excluding tert-OH is 1. The highest BCUT2D eigenvalue weighted by Crippen LogP contribution is 2.28. The van der Waals surface area contributed by atoms with Gasteiger partial charge in [0.1, 0.15) is 0 Å². The summed E-state index contributed by atoms with van der Waals surface area (Å²) in [7, 11) is 0. The fraction of sp³-hybridized carbons (Fsp3) is 0.250. The first-order valence-electron chi connectivity index (χ1n) is 5.48. The molecule has 0 saturated heterocycles. The van der Waals surface area contributed by atoms with E-state index < -0.39 is 10.6 Å². The van der Waals surface area contributed by atoms with Gasteiger partial charge in [-0.15, -0.1) is 0 Å². The van der Waals surface area contributed by atoms with Crippen LogP contribution < -0.4 is 5.73 Å². The highest BCUT2D eigenvalue weighted by Gasteiger charge is 2.27. The maximum atomic E-state index is 10.6. The molecule has 18 heavy (non-hydrogen) atoms. The molecule has 0 fully saturated rings. The molecule has 1 atom stereocenters. The number of nitrogens with zero attached hydrogens (tertiary/aromatic N) is 2. The maximum Gasteiger partial charge on any atom is 0.269 e. The number of rotatable bonds is 4. The number of nitro benzene ring substituents is 1. The van der Waals surface area contributed by atoms with Gasteiger partial charge in [-0.1, -0.05) is 0 Å². The summed E-state index contributed by atoms with van der Waals surface area (Å²) in [5.74, 6) is 0. The largest absolute Gasteiger partial charge is 0.396 e. The molecule has 1 unspecified atom stereocenters. The van der Waals surface area contributed by atoms with Crippen molar-refractivity contribution >= 4 is 11.4 Å².